The Bertz CT molecular complexity index is 1200. The highest BCUT2D eigenvalue weighted by molar-refractivity contribution is 5.96. The number of hydrogen-bond donors (Lipinski definition) is 1. The van der Waals surface area contributed by atoms with E-state index in [0.717, 1.165) is 44.0 Å². The van der Waals surface area contributed by atoms with Crippen LogP contribution >= 0.6 is 0 Å². The zero-order chi connectivity index (χ0) is 27.6. The van der Waals surface area contributed by atoms with Crippen LogP contribution in [0.1, 0.15) is 35.3 Å². The number of nitrogens with zero attached hydrogens (tertiary/aromatic N) is 3. The van der Waals surface area contributed by atoms with E-state index in [0.29, 0.717) is 36.8 Å². The van der Waals surface area contributed by atoms with E-state index in [1.807, 2.05) is 37.3 Å². The van der Waals surface area contributed by atoms with Gasteiger partial charge < -0.3 is 24.4 Å². The number of aryl methyl sites for hydroxylation is 1. The molecule has 2 aromatic carbocycles. The molecule has 0 saturated carbocycles. The smallest absolute Gasteiger partial charge is 0.254 e. The van der Waals surface area contributed by atoms with Gasteiger partial charge in [0.05, 0.1) is 38.5 Å². The van der Waals surface area contributed by atoms with E-state index in [-0.39, 0.29) is 36.0 Å². The molecule has 0 aromatic heterocycles. The molecule has 210 valence electrons. The molecule has 3 aliphatic rings. The van der Waals surface area contributed by atoms with Crippen LogP contribution in [-0.2, 0) is 20.9 Å². The second kappa shape index (κ2) is 11.6. The van der Waals surface area contributed by atoms with Gasteiger partial charge in [-0.3, -0.25) is 19.4 Å². The Balaban J connectivity index is 1.37. The SMILES string of the molecule is Cc1ccc2cc1Oc1cccc(c1)CO[C@H]1CN(CC(C)(C)N3CCOCC3)C[C@@H]1NC(=O)CN(C)C2=O. The number of amides is 2. The first-order valence-electron chi connectivity index (χ1n) is 13.8. The number of nitrogens with one attached hydrogen (secondary N) is 1. The van der Waals surface area contributed by atoms with Gasteiger partial charge in [0.2, 0.25) is 5.91 Å². The summed E-state index contributed by atoms with van der Waals surface area (Å²) in [6.45, 7) is 12.5. The number of likely N-dealkylation sites (tertiary alicyclic amines) is 1. The maximum absolute atomic E-state index is 13.2. The highest BCUT2D eigenvalue weighted by atomic mass is 16.5. The van der Waals surface area contributed by atoms with Gasteiger partial charge in [-0.1, -0.05) is 18.2 Å². The average molecular weight is 537 g/mol. The minimum absolute atomic E-state index is 0.0351. The number of likely N-dealkylation sites (N-methyl/N-ethyl adjacent to an activating group) is 1. The molecule has 4 bridgehead atoms. The molecule has 39 heavy (non-hydrogen) atoms. The first-order valence-corrected chi connectivity index (χ1v) is 13.8. The Hall–Kier alpha value is -2.98. The van der Waals surface area contributed by atoms with E-state index in [1.54, 1.807) is 19.2 Å². The number of fused-ring (bicyclic) bond motifs is 5. The van der Waals surface area contributed by atoms with Gasteiger partial charge in [0.15, 0.2) is 0 Å². The standard InChI is InChI=1S/C30H40N4O5/c1-21-8-9-23-15-26(21)39-24-7-5-6-22(14-24)19-38-27-17-33(20-30(2,3)34-10-12-37-13-11-34)16-25(27)31-28(35)18-32(4)29(23)36/h5-9,14-15,25,27H,10-13,16-20H2,1-4H3,(H,31,35)/t25-,27-/m0/s1. The second-order valence-corrected chi connectivity index (χ2v) is 11.5. The summed E-state index contributed by atoms with van der Waals surface area (Å²) in [6.07, 6.45) is -0.178. The largest absolute Gasteiger partial charge is 0.457 e. The third-order valence-corrected chi connectivity index (χ3v) is 7.92. The topological polar surface area (TPSA) is 83.6 Å². The summed E-state index contributed by atoms with van der Waals surface area (Å²) in [6, 6.07) is 13.0. The molecule has 0 unspecified atom stereocenters. The summed E-state index contributed by atoms with van der Waals surface area (Å²) in [5.74, 6) is 0.869. The van der Waals surface area contributed by atoms with Crippen LogP contribution < -0.4 is 10.1 Å². The fourth-order valence-corrected chi connectivity index (χ4v) is 5.74. The lowest BCUT2D eigenvalue weighted by Crippen LogP contribution is -2.55. The van der Waals surface area contributed by atoms with Crippen LogP contribution in [0.25, 0.3) is 0 Å². The summed E-state index contributed by atoms with van der Waals surface area (Å²) in [7, 11) is 1.65. The van der Waals surface area contributed by atoms with E-state index in [1.165, 1.54) is 4.90 Å². The number of carbonyl (C=O) groups excluding carboxylic acids is 2. The van der Waals surface area contributed by atoms with Crippen LogP contribution in [0.3, 0.4) is 0 Å². The van der Waals surface area contributed by atoms with E-state index in [9.17, 15) is 9.59 Å². The van der Waals surface area contributed by atoms with Crippen molar-refractivity contribution in [1.82, 2.24) is 20.0 Å². The van der Waals surface area contributed by atoms with Crippen molar-refractivity contribution in [1.29, 1.82) is 0 Å². The third kappa shape index (κ3) is 6.61. The minimum Gasteiger partial charge on any atom is -0.457 e. The van der Waals surface area contributed by atoms with Crippen LogP contribution in [0.5, 0.6) is 11.5 Å². The fourth-order valence-electron chi connectivity index (χ4n) is 5.74. The number of carbonyl (C=O) groups is 2. The fraction of sp³-hybridized carbons (Fsp3) is 0.533. The zero-order valence-electron chi connectivity index (χ0n) is 23.4. The first kappa shape index (κ1) is 27.6. The lowest BCUT2D eigenvalue weighted by molar-refractivity contribution is -0.123. The summed E-state index contributed by atoms with van der Waals surface area (Å²) in [4.78, 5) is 32.6. The summed E-state index contributed by atoms with van der Waals surface area (Å²) < 4.78 is 18.2. The molecule has 3 heterocycles. The summed E-state index contributed by atoms with van der Waals surface area (Å²) in [5.41, 5.74) is 2.35. The van der Waals surface area contributed by atoms with E-state index in [2.05, 4.69) is 29.0 Å². The first-order chi connectivity index (χ1) is 18.7. The normalized spacial score (nSPS) is 23.7. The molecular weight excluding hydrogens is 496 g/mol. The molecule has 1 N–H and O–H groups in total. The van der Waals surface area contributed by atoms with Crippen molar-refractivity contribution < 1.29 is 23.8 Å². The van der Waals surface area contributed by atoms with Crippen molar-refractivity contribution in [3.05, 3.63) is 59.2 Å². The van der Waals surface area contributed by atoms with E-state index < -0.39 is 0 Å². The molecule has 2 aromatic rings. The van der Waals surface area contributed by atoms with Crippen LogP contribution in [0.2, 0.25) is 0 Å². The van der Waals surface area contributed by atoms with Crippen LogP contribution in [-0.4, -0.2) is 104 Å². The molecule has 2 saturated heterocycles. The minimum atomic E-state index is -0.232. The summed E-state index contributed by atoms with van der Waals surface area (Å²) >= 11 is 0. The molecule has 2 atom stereocenters. The van der Waals surface area contributed by atoms with E-state index >= 15 is 0 Å². The lowest BCUT2D eigenvalue weighted by atomic mass is 10.0. The zero-order valence-corrected chi connectivity index (χ0v) is 23.4. The molecular formula is C30H40N4O5. The highest BCUT2D eigenvalue weighted by Crippen LogP contribution is 2.28. The van der Waals surface area contributed by atoms with Crippen molar-refractivity contribution in [2.45, 2.75) is 45.1 Å². The molecule has 0 radical (unpaired) electrons. The Morgan fingerprint density at radius 1 is 1.05 bits per heavy atom. The van der Waals surface area contributed by atoms with Crippen molar-refractivity contribution in [2.24, 2.45) is 0 Å². The maximum atomic E-state index is 13.2. The van der Waals surface area contributed by atoms with Gasteiger partial charge in [-0.25, -0.2) is 0 Å². The quantitative estimate of drug-likeness (QED) is 0.646. The van der Waals surface area contributed by atoms with Gasteiger partial charge in [-0.2, -0.15) is 0 Å². The van der Waals surface area contributed by atoms with E-state index in [4.69, 9.17) is 14.2 Å². The van der Waals surface area contributed by atoms with Gasteiger partial charge in [0.1, 0.15) is 11.5 Å². The van der Waals surface area contributed by atoms with Gasteiger partial charge in [0.25, 0.3) is 5.91 Å². The second-order valence-electron chi connectivity index (χ2n) is 11.5. The van der Waals surface area contributed by atoms with Gasteiger partial charge >= 0.3 is 0 Å². The van der Waals surface area contributed by atoms with Gasteiger partial charge in [0, 0.05) is 50.9 Å². The molecule has 9 nitrogen and oxygen atoms in total. The van der Waals surface area contributed by atoms with Crippen LogP contribution in [0.15, 0.2) is 42.5 Å². The number of hydrogen-bond acceptors (Lipinski definition) is 7. The average Bonchev–Trinajstić information content (AvgIpc) is 3.28. The van der Waals surface area contributed by atoms with Gasteiger partial charge in [-0.15, -0.1) is 0 Å². The highest BCUT2D eigenvalue weighted by Gasteiger charge is 2.39. The number of ether oxygens (including phenoxy) is 3. The summed E-state index contributed by atoms with van der Waals surface area (Å²) in [5, 5.41) is 3.17. The molecule has 9 heteroatoms. The molecule has 0 spiro atoms. The Morgan fingerprint density at radius 3 is 2.64 bits per heavy atom. The Labute approximate surface area is 231 Å². The number of rotatable bonds is 3. The Kier molecular flexibility index (Phi) is 8.23. The predicted molar refractivity (Wildman–Crippen MR) is 148 cm³/mol. The molecule has 3 aliphatic heterocycles. The van der Waals surface area contributed by atoms with Crippen molar-refractivity contribution in [3.8, 4) is 11.5 Å². The molecule has 0 aliphatic carbocycles. The van der Waals surface area contributed by atoms with Gasteiger partial charge in [-0.05, 0) is 56.2 Å². The van der Waals surface area contributed by atoms with Crippen LogP contribution in [0.4, 0.5) is 0 Å². The van der Waals surface area contributed by atoms with Crippen LogP contribution in [0, 0.1) is 6.92 Å². The number of benzene rings is 2. The maximum Gasteiger partial charge on any atom is 0.254 e. The Morgan fingerprint density at radius 2 is 1.85 bits per heavy atom. The molecule has 2 amide bonds. The molecule has 2 fully saturated rings. The van der Waals surface area contributed by atoms with Crippen molar-refractivity contribution >= 4 is 11.8 Å². The third-order valence-electron chi connectivity index (χ3n) is 7.92. The van der Waals surface area contributed by atoms with Crippen molar-refractivity contribution in [3.63, 3.8) is 0 Å². The van der Waals surface area contributed by atoms with Crippen molar-refractivity contribution in [2.75, 3.05) is 59.5 Å². The number of morpholine rings is 1. The lowest BCUT2D eigenvalue weighted by Gasteiger charge is -2.42. The molecule has 5 rings (SSSR count). The monoisotopic (exact) mass is 536 g/mol. The predicted octanol–water partition coefficient (Wildman–Crippen LogP) is 2.67.